The third-order valence-corrected chi connectivity index (χ3v) is 4.78. The number of rotatable bonds is 12. The van der Waals surface area contributed by atoms with E-state index in [0.29, 0.717) is 24.5 Å². The average Bonchev–Trinajstić information content (AvgIpc) is 2.83. The molecule has 0 spiro atoms. The molecular weight excluding hydrogens is 422 g/mol. The molecule has 0 aliphatic carbocycles. The van der Waals surface area contributed by atoms with Crippen LogP contribution in [0.15, 0.2) is 72.9 Å². The Labute approximate surface area is 192 Å². The Bertz CT molecular complexity index is 1020. The van der Waals surface area contributed by atoms with Crippen molar-refractivity contribution in [3.63, 3.8) is 0 Å². The fourth-order valence-corrected chi connectivity index (χ4v) is 2.98. The normalized spacial score (nSPS) is 11.4. The summed E-state index contributed by atoms with van der Waals surface area (Å²) < 4.78 is 0. The largest absolute Gasteiger partial charge is 0.480 e. The molecule has 0 bridgehead atoms. The van der Waals surface area contributed by atoms with Crippen LogP contribution >= 0.6 is 0 Å². The summed E-state index contributed by atoms with van der Waals surface area (Å²) in [6.45, 7) is 3.08. The van der Waals surface area contributed by atoms with E-state index < -0.39 is 17.9 Å². The van der Waals surface area contributed by atoms with E-state index in [0.717, 1.165) is 23.4 Å². The van der Waals surface area contributed by atoms with E-state index in [2.05, 4.69) is 15.6 Å². The number of benzene rings is 2. The van der Waals surface area contributed by atoms with Crippen molar-refractivity contribution in [2.75, 3.05) is 18.5 Å². The molecule has 3 aromatic rings. The van der Waals surface area contributed by atoms with E-state index in [1.807, 2.05) is 25.3 Å². The maximum atomic E-state index is 12.3. The fraction of sp³-hybridized carbons (Fsp3) is 0.240. The number of carbonyl (C=O) groups is 2. The number of anilines is 1. The maximum Gasteiger partial charge on any atom is 0.326 e. The molecule has 3 N–H and O–H groups in total. The summed E-state index contributed by atoms with van der Waals surface area (Å²) in [5, 5.41) is 15.3. The van der Waals surface area contributed by atoms with Gasteiger partial charge in [-0.05, 0) is 54.8 Å². The number of carbonyl (C=O) groups excluding carboxylic acids is 1. The molecule has 8 heteroatoms. The highest BCUT2D eigenvalue weighted by atomic mass is 17.2. The first-order chi connectivity index (χ1) is 16.0. The Hall–Kier alpha value is -3.91. The summed E-state index contributed by atoms with van der Waals surface area (Å²) in [6, 6.07) is 18.3. The van der Waals surface area contributed by atoms with E-state index in [1.54, 1.807) is 54.6 Å². The van der Waals surface area contributed by atoms with Gasteiger partial charge in [0, 0.05) is 24.7 Å². The number of nitrogens with zero attached hydrogens (tertiary/aromatic N) is 1. The Kier molecular flexibility index (Phi) is 8.79. The van der Waals surface area contributed by atoms with Gasteiger partial charge >= 0.3 is 5.97 Å². The van der Waals surface area contributed by atoms with Crippen molar-refractivity contribution in [3.05, 3.63) is 89.6 Å². The van der Waals surface area contributed by atoms with Gasteiger partial charge in [0.05, 0.1) is 6.61 Å². The summed E-state index contributed by atoms with van der Waals surface area (Å²) >= 11 is 0. The molecule has 172 valence electrons. The second-order valence-electron chi connectivity index (χ2n) is 7.48. The summed E-state index contributed by atoms with van der Waals surface area (Å²) in [6.07, 6.45) is 2.68. The zero-order valence-corrected chi connectivity index (χ0v) is 18.4. The highest BCUT2D eigenvalue weighted by Gasteiger charge is 2.21. The molecule has 8 nitrogen and oxygen atoms in total. The maximum absolute atomic E-state index is 12.3. The lowest BCUT2D eigenvalue weighted by molar-refractivity contribution is -0.206. The molecule has 1 aromatic heterocycles. The molecule has 0 aliphatic rings. The molecule has 0 unspecified atom stereocenters. The van der Waals surface area contributed by atoms with Crippen LogP contribution in [-0.2, 0) is 16.1 Å². The molecule has 1 heterocycles. The molecular formula is C25H27N3O5. The number of carboxylic acids is 1. The lowest BCUT2D eigenvalue weighted by atomic mass is 10.1. The second-order valence-corrected chi connectivity index (χ2v) is 7.48. The Morgan fingerprint density at radius 3 is 2.45 bits per heavy atom. The van der Waals surface area contributed by atoms with Gasteiger partial charge in [-0.2, -0.15) is 4.89 Å². The quantitative estimate of drug-likeness (QED) is 0.220. The van der Waals surface area contributed by atoms with Crippen molar-refractivity contribution in [2.45, 2.75) is 25.8 Å². The van der Waals surface area contributed by atoms with E-state index in [4.69, 9.17) is 9.78 Å². The Balaban J connectivity index is 1.39. The van der Waals surface area contributed by atoms with Crippen molar-refractivity contribution in [1.82, 2.24) is 10.3 Å². The van der Waals surface area contributed by atoms with Crippen LogP contribution in [0.5, 0.6) is 5.75 Å². The smallest absolute Gasteiger partial charge is 0.326 e. The first-order valence-electron chi connectivity index (χ1n) is 10.6. The van der Waals surface area contributed by atoms with E-state index in [9.17, 15) is 14.7 Å². The van der Waals surface area contributed by atoms with Crippen LogP contribution in [-0.4, -0.2) is 41.2 Å². The predicted molar refractivity (Wildman–Crippen MR) is 124 cm³/mol. The van der Waals surface area contributed by atoms with Crippen molar-refractivity contribution in [2.24, 2.45) is 0 Å². The van der Waals surface area contributed by atoms with Crippen molar-refractivity contribution in [3.8, 4) is 5.75 Å². The van der Waals surface area contributed by atoms with Crippen molar-refractivity contribution >= 4 is 17.7 Å². The summed E-state index contributed by atoms with van der Waals surface area (Å²) in [5.74, 6) is -0.203. The fourth-order valence-electron chi connectivity index (χ4n) is 2.98. The third kappa shape index (κ3) is 7.93. The number of pyridine rings is 1. The number of hydrogen-bond acceptors (Lipinski definition) is 6. The Morgan fingerprint density at radius 1 is 1.03 bits per heavy atom. The molecule has 0 radical (unpaired) electrons. The molecule has 0 fully saturated rings. The Morgan fingerprint density at radius 2 is 1.79 bits per heavy atom. The van der Waals surface area contributed by atoms with Crippen LogP contribution in [0.4, 0.5) is 5.82 Å². The summed E-state index contributed by atoms with van der Waals surface area (Å²) in [7, 11) is 0. The first-order valence-corrected chi connectivity index (χ1v) is 10.6. The van der Waals surface area contributed by atoms with Gasteiger partial charge in [-0.15, -0.1) is 0 Å². The van der Waals surface area contributed by atoms with Gasteiger partial charge in [0.25, 0.3) is 5.91 Å². The highest BCUT2D eigenvalue weighted by Crippen LogP contribution is 2.14. The van der Waals surface area contributed by atoms with Crippen molar-refractivity contribution < 1.29 is 24.5 Å². The van der Waals surface area contributed by atoms with Gasteiger partial charge in [0.15, 0.2) is 5.75 Å². The molecule has 1 atom stereocenters. The van der Waals surface area contributed by atoms with Gasteiger partial charge < -0.3 is 20.6 Å². The first kappa shape index (κ1) is 23.7. The number of hydrogen-bond donors (Lipinski definition) is 3. The molecule has 1 amide bonds. The second kappa shape index (κ2) is 12.2. The summed E-state index contributed by atoms with van der Waals surface area (Å²) in [4.78, 5) is 38.6. The SMILES string of the molecule is Cc1ccc(NCCCOOc2ccc(C[C@H](NC(=O)c3ccccc3)C(=O)O)cc2)nc1. The van der Waals surface area contributed by atoms with Gasteiger partial charge in [0.1, 0.15) is 11.9 Å². The van der Waals surface area contributed by atoms with Crippen LogP contribution in [0.1, 0.15) is 27.9 Å². The van der Waals surface area contributed by atoms with Crippen LogP contribution in [0, 0.1) is 6.92 Å². The lowest BCUT2D eigenvalue weighted by Crippen LogP contribution is -2.42. The molecule has 0 saturated carbocycles. The highest BCUT2D eigenvalue weighted by molar-refractivity contribution is 5.96. The molecule has 33 heavy (non-hydrogen) atoms. The zero-order valence-electron chi connectivity index (χ0n) is 18.4. The number of nitrogens with one attached hydrogen (secondary N) is 2. The molecule has 0 saturated heterocycles. The van der Waals surface area contributed by atoms with Crippen LogP contribution < -0.4 is 15.5 Å². The van der Waals surface area contributed by atoms with Gasteiger partial charge in [-0.3, -0.25) is 4.79 Å². The van der Waals surface area contributed by atoms with E-state index in [1.165, 1.54) is 0 Å². The monoisotopic (exact) mass is 449 g/mol. The number of aromatic nitrogens is 1. The molecule has 3 rings (SSSR count). The standard InChI is InChI=1S/C25H27N3O5/c1-18-8-13-23(27-17-18)26-14-5-15-32-33-21-11-9-19(10-12-21)16-22(25(30)31)28-24(29)20-6-3-2-4-7-20/h2-4,6-13,17,22H,5,14-16H2,1H3,(H,26,27)(H,28,29)(H,30,31)/t22-/m0/s1. The average molecular weight is 450 g/mol. The topological polar surface area (TPSA) is 110 Å². The minimum atomic E-state index is -1.10. The molecule has 0 aliphatic heterocycles. The van der Waals surface area contributed by atoms with E-state index >= 15 is 0 Å². The zero-order chi connectivity index (χ0) is 23.5. The van der Waals surface area contributed by atoms with Crippen LogP contribution in [0.3, 0.4) is 0 Å². The van der Waals surface area contributed by atoms with Gasteiger partial charge in [-0.25, -0.2) is 9.78 Å². The summed E-state index contributed by atoms with van der Waals surface area (Å²) in [5.41, 5.74) is 2.27. The predicted octanol–water partition coefficient (Wildman–Crippen LogP) is 3.63. The van der Waals surface area contributed by atoms with Gasteiger partial charge in [0.2, 0.25) is 0 Å². The van der Waals surface area contributed by atoms with Crippen LogP contribution in [0.2, 0.25) is 0 Å². The molecule has 2 aromatic carbocycles. The number of amides is 1. The van der Waals surface area contributed by atoms with Gasteiger partial charge in [-0.1, -0.05) is 36.4 Å². The number of aryl methyl sites for hydroxylation is 1. The van der Waals surface area contributed by atoms with Crippen molar-refractivity contribution in [1.29, 1.82) is 0 Å². The minimum absolute atomic E-state index is 0.147. The van der Waals surface area contributed by atoms with E-state index in [-0.39, 0.29) is 6.42 Å². The van der Waals surface area contributed by atoms with Crippen LogP contribution in [0.25, 0.3) is 0 Å². The number of carboxylic acid groups (broad SMARTS) is 1. The number of aliphatic carboxylic acids is 1. The lowest BCUT2D eigenvalue weighted by Gasteiger charge is -2.15. The third-order valence-electron chi connectivity index (χ3n) is 4.78. The minimum Gasteiger partial charge on any atom is -0.480 e.